The molecular formula is C23H32N2O2. The van der Waals surface area contributed by atoms with Crippen molar-refractivity contribution in [2.75, 3.05) is 40.4 Å². The lowest BCUT2D eigenvalue weighted by Gasteiger charge is -2.29. The van der Waals surface area contributed by atoms with E-state index in [1.807, 2.05) is 6.92 Å². The van der Waals surface area contributed by atoms with Gasteiger partial charge in [0.05, 0.1) is 12.6 Å². The molecule has 1 aliphatic heterocycles. The maximum absolute atomic E-state index is 5.97. The Kier molecular flexibility index (Phi) is 6.40. The average Bonchev–Trinajstić information content (AvgIpc) is 2.64. The topological polar surface area (TPSA) is 33.7 Å². The second-order valence-electron chi connectivity index (χ2n) is 7.56. The summed E-state index contributed by atoms with van der Waals surface area (Å²) in [5.74, 6) is 1.94. The number of fused-ring (bicyclic) bond motifs is 1. The summed E-state index contributed by atoms with van der Waals surface area (Å²) in [4.78, 5) is 2.13. The highest BCUT2D eigenvalue weighted by Gasteiger charge is 2.25. The number of hydrogen-bond donors (Lipinski definition) is 1. The van der Waals surface area contributed by atoms with Crippen molar-refractivity contribution in [3.63, 3.8) is 0 Å². The summed E-state index contributed by atoms with van der Waals surface area (Å²) >= 11 is 0. The molecule has 1 unspecified atom stereocenters. The number of ether oxygens (including phenoxy) is 2. The molecule has 0 aliphatic carbocycles. The van der Waals surface area contributed by atoms with Gasteiger partial charge < -0.3 is 19.7 Å². The van der Waals surface area contributed by atoms with Gasteiger partial charge in [-0.1, -0.05) is 12.1 Å². The van der Waals surface area contributed by atoms with Crippen molar-refractivity contribution >= 4 is 0 Å². The van der Waals surface area contributed by atoms with Gasteiger partial charge in [0.25, 0.3) is 0 Å². The normalized spacial score (nSPS) is 16.3. The smallest absolute Gasteiger partial charge is 0.124 e. The number of aryl methyl sites for hydroxylation is 2. The van der Waals surface area contributed by atoms with Crippen LogP contribution < -0.4 is 14.8 Å². The monoisotopic (exact) mass is 368 g/mol. The molecule has 0 fully saturated rings. The fraction of sp³-hybridized carbons (Fsp3) is 0.478. The number of nitrogens with zero attached hydrogens (tertiary/aromatic N) is 1. The van der Waals surface area contributed by atoms with Crippen LogP contribution in [0, 0.1) is 13.8 Å². The first kappa shape index (κ1) is 19.7. The summed E-state index contributed by atoms with van der Waals surface area (Å²) in [6, 6.07) is 11.1. The Morgan fingerprint density at radius 3 is 2.56 bits per heavy atom. The first-order chi connectivity index (χ1) is 13.0. The highest BCUT2D eigenvalue weighted by molar-refractivity contribution is 5.50. The van der Waals surface area contributed by atoms with Gasteiger partial charge in [-0.15, -0.1) is 0 Å². The number of likely N-dealkylation sites (N-methyl/N-ethyl adjacent to an activating group) is 1. The molecule has 4 nitrogen and oxygen atoms in total. The molecule has 0 saturated heterocycles. The van der Waals surface area contributed by atoms with E-state index in [1.165, 1.54) is 27.8 Å². The van der Waals surface area contributed by atoms with E-state index in [2.05, 4.69) is 68.5 Å². The van der Waals surface area contributed by atoms with Gasteiger partial charge in [-0.2, -0.15) is 0 Å². The van der Waals surface area contributed by atoms with Crippen LogP contribution in [0.25, 0.3) is 0 Å². The maximum atomic E-state index is 5.97. The number of benzene rings is 2. The Bertz CT molecular complexity index is 786. The van der Waals surface area contributed by atoms with Crippen LogP contribution in [0.5, 0.6) is 11.5 Å². The van der Waals surface area contributed by atoms with Gasteiger partial charge in [0.15, 0.2) is 0 Å². The van der Waals surface area contributed by atoms with Gasteiger partial charge >= 0.3 is 0 Å². The van der Waals surface area contributed by atoms with Crippen LogP contribution in [-0.4, -0.2) is 45.3 Å². The molecule has 0 aromatic heterocycles. The molecular weight excluding hydrogens is 336 g/mol. The molecule has 2 aromatic rings. The van der Waals surface area contributed by atoms with Crippen molar-refractivity contribution in [1.29, 1.82) is 0 Å². The van der Waals surface area contributed by atoms with Crippen LogP contribution in [0.4, 0.5) is 0 Å². The molecule has 146 valence electrons. The number of rotatable bonds is 7. The Labute approximate surface area is 163 Å². The minimum Gasteiger partial charge on any atom is -0.494 e. The predicted octanol–water partition coefficient (Wildman–Crippen LogP) is 3.88. The van der Waals surface area contributed by atoms with Gasteiger partial charge in [-0.3, -0.25) is 0 Å². The molecule has 0 saturated carbocycles. The Morgan fingerprint density at radius 2 is 1.81 bits per heavy atom. The quantitative estimate of drug-likeness (QED) is 0.804. The minimum atomic E-state index is 0.158. The first-order valence-electron chi connectivity index (χ1n) is 9.87. The summed E-state index contributed by atoms with van der Waals surface area (Å²) in [6.07, 6.45) is 1.02. The van der Waals surface area contributed by atoms with Crippen molar-refractivity contribution in [3.05, 3.63) is 58.1 Å². The zero-order valence-electron chi connectivity index (χ0n) is 17.3. The van der Waals surface area contributed by atoms with E-state index in [0.717, 1.165) is 31.0 Å². The van der Waals surface area contributed by atoms with Gasteiger partial charge in [0.1, 0.15) is 18.1 Å². The molecule has 0 spiro atoms. The molecule has 0 bridgehead atoms. The van der Waals surface area contributed by atoms with E-state index >= 15 is 0 Å². The second-order valence-corrected chi connectivity index (χ2v) is 7.56. The summed E-state index contributed by atoms with van der Waals surface area (Å²) in [5, 5.41) is 3.69. The van der Waals surface area contributed by atoms with Gasteiger partial charge in [0.2, 0.25) is 0 Å². The summed E-state index contributed by atoms with van der Waals surface area (Å²) in [5.41, 5.74) is 6.48. The van der Waals surface area contributed by atoms with Crippen LogP contribution in [0.2, 0.25) is 0 Å². The van der Waals surface area contributed by atoms with E-state index in [1.54, 1.807) is 0 Å². The van der Waals surface area contributed by atoms with E-state index < -0.39 is 0 Å². The molecule has 0 amide bonds. The molecule has 1 N–H and O–H groups in total. The molecule has 27 heavy (non-hydrogen) atoms. The largest absolute Gasteiger partial charge is 0.494 e. The number of hydrogen-bond acceptors (Lipinski definition) is 4. The molecule has 1 atom stereocenters. The fourth-order valence-electron chi connectivity index (χ4n) is 3.57. The highest BCUT2D eigenvalue weighted by atomic mass is 16.5. The third-order valence-electron chi connectivity index (χ3n) is 5.21. The Morgan fingerprint density at radius 1 is 1.04 bits per heavy atom. The lowest BCUT2D eigenvalue weighted by atomic mass is 9.88. The first-order valence-corrected chi connectivity index (χ1v) is 9.87. The van der Waals surface area contributed by atoms with Gasteiger partial charge in [-0.05, 0) is 81.7 Å². The van der Waals surface area contributed by atoms with Crippen LogP contribution in [0.15, 0.2) is 30.3 Å². The predicted molar refractivity (Wildman–Crippen MR) is 111 cm³/mol. The standard InChI is InChI=1S/C23H32N2O2/c1-6-26-22-14-17(3)16(2)13-21(22)23-20-8-7-19(27-12-11-25(4)5)15-18(20)9-10-24-23/h7-8,13-15,23-24H,6,9-12H2,1-5H3. The molecule has 2 aromatic carbocycles. The highest BCUT2D eigenvalue weighted by Crippen LogP contribution is 2.37. The number of nitrogens with one attached hydrogen (secondary N) is 1. The lowest BCUT2D eigenvalue weighted by Crippen LogP contribution is -2.31. The lowest BCUT2D eigenvalue weighted by molar-refractivity contribution is 0.261. The van der Waals surface area contributed by atoms with Crippen LogP contribution in [-0.2, 0) is 6.42 Å². The van der Waals surface area contributed by atoms with E-state index in [9.17, 15) is 0 Å². The third kappa shape index (κ3) is 4.63. The SMILES string of the molecule is CCOc1cc(C)c(C)cc1C1NCCc2cc(OCCN(C)C)ccc21. The molecule has 3 rings (SSSR count). The Balaban J connectivity index is 1.89. The molecule has 1 aliphatic rings. The van der Waals surface area contributed by atoms with E-state index in [4.69, 9.17) is 9.47 Å². The maximum Gasteiger partial charge on any atom is 0.124 e. The van der Waals surface area contributed by atoms with Gasteiger partial charge in [0, 0.05) is 18.7 Å². The zero-order valence-corrected chi connectivity index (χ0v) is 17.3. The van der Waals surface area contributed by atoms with Crippen molar-refractivity contribution in [2.45, 2.75) is 33.2 Å². The van der Waals surface area contributed by atoms with E-state index in [-0.39, 0.29) is 6.04 Å². The molecule has 1 heterocycles. The van der Waals surface area contributed by atoms with Crippen molar-refractivity contribution in [3.8, 4) is 11.5 Å². The van der Waals surface area contributed by atoms with Crippen molar-refractivity contribution < 1.29 is 9.47 Å². The van der Waals surface area contributed by atoms with Gasteiger partial charge in [-0.25, -0.2) is 0 Å². The second kappa shape index (κ2) is 8.77. The van der Waals surface area contributed by atoms with Crippen molar-refractivity contribution in [1.82, 2.24) is 10.2 Å². The Hall–Kier alpha value is -2.04. The minimum absolute atomic E-state index is 0.158. The van der Waals surface area contributed by atoms with Crippen LogP contribution in [0.3, 0.4) is 0 Å². The average molecular weight is 369 g/mol. The molecule has 4 heteroatoms. The summed E-state index contributed by atoms with van der Waals surface area (Å²) < 4.78 is 11.9. The molecule has 0 radical (unpaired) electrons. The van der Waals surface area contributed by atoms with E-state index in [0.29, 0.717) is 13.2 Å². The van der Waals surface area contributed by atoms with Crippen molar-refractivity contribution in [2.24, 2.45) is 0 Å². The zero-order chi connectivity index (χ0) is 19.4. The van der Waals surface area contributed by atoms with Crippen LogP contribution >= 0.6 is 0 Å². The van der Waals surface area contributed by atoms with Crippen LogP contribution in [0.1, 0.15) is 40.8 Å². The third-order valence-corrected chi connectivity index (χ3v) is 5.21. The fourth-order valence-corrected chi connectivity index (χ4v) is 3.57. The summed E-state index contributed by atoms with van der Waals surface area (Å²) in [6.45, 7) is 9.60. The summed E-state index contributed by atoms with van der Waals surface area (Å²) in [7, 11) is 4.12.